The zero-order valence-electron chi connectivity index (χ0n) is 10.0. The first-order valence-corrected chi connectivity index (χ1v) is 6.29. The lowest BCUT2D eigenvalue weighted by molar-refractivity contribution is -0.123. The lowest BCUT2D eigenvalue weighted by atomic mass is 10.0. The number of hydrogen-bond donors (Lipinski definition) is 2. The SMILES string of the molecule is CCC(CC)CNC(=O)C1CCCCN1. The van der Waals surface area contributed by atoms with Gasteiger partial charge in [0.1, 0.15) is 0 Å². The second-order valence-corrected chi connectivity index (χ2v) is 4.43. The molecule has 1 aliphatic rings. The molecule has 0 bridgehead atoms. The summed E-state index contributed by atoms with van der Waals surface area (Å²) in [6, 6.07) is 0.0631. The van der Waals surface area contributed by atoms with Crippen LogP contribution in [-0.4, -0.2) is 25.0 Å². The van der Waals surface area contributed by atoms with Crippen molar-refractivity contribution in [1.29, 1.82) is 0 Å². The summed E-state index contributed by atoms with van der Waals surface area (Å²) in [7, 11) is 0. The number of carbonyl (C=O) groups excluding carboxylic acids is 1. The van der Waals surface area contributed by atoms with Crippen LogP contribution < -0.4 is 10.6 Å². The molecule has 0 saturated carbocycles. The highest BCUT2D eigenvalue weighted by molar-refractivity contribution is 5.81. The maximum atomic E-state index is 11.8. The van der Waals surface area contributed by atoms with E-state index >= 15 is 0 Å². The van der Waals surface area contributed by atoms with E-state index in [-0.39, 0.29) is 11.9 Å². The molecule has 0 aliphatic carbocycles. The van der Waals surface area contributed by atoms with Crippen molar-refractivity contribution in [2.75, 3.05) is 13.1 Å². The lowest BCUT2D eigenvalue weighted by Crippen LogP contribution is -2.47. The molecule has 1 saturated heterocycles. The molecule has 3 heteroatoms. The van der Waals surface area contributed by atoms with Crippen LogP contribution >= 0.6 is 0 Å². The second kappa shape index (κ2) is 6.83. The Kier molecular flexibility index (Phi) is 5.69. The normalized spacial score (nSPS) is 21.7. The first-order valence-electron chi connectivity index (χ1n) is 6.29. The van der Waals surface area contributed by atoms with Gasteiger partial charge in [0, 0.05) is 6.54 Å². The fourth-order valence-electron chi connectivity index (χ4n) is 2.02. The third-order valence-electron chi connectivity index (χ3n) is 3.35. The van der Waals surface area contributed by atoms with Crippen LogP contribution in [0.1, 0.15) is 46.0 Å². The Balaban J connectivity index is 2.22. The molecule has 15 heavy (non-hydrogen) atoms. The summed E-state index contributed by atoms with van der Waals surface area (Å²) in [5.41, 5.74) is 0. The van der Waals surface area contributed by atoms with Crippen LogP contribution in [0.3, 0.4) is 0 Å². The molecule has 88 valence electrons. The Bertz CT molecular complexity index is 184. The molecule has 1 amide bonds. The minimum absolute atomic E-state index is 0.0631. The Morgan fingerprint density at radius 3 is 2.67 bits per heavy atom. The van der Waals surface area contributed by atoms with Crippen molar-refractivity contribution in [3.05, 3.63) is 0 Å². The molecule has 0 aromatic carbocycles. The molecule has 1 fully saturated rings. The van der Waals surface area contributed by atoms with Gasteiger partial charge in [-0.05, 0) is 25.3 Å². The average Bonchev–Trinajstić information content (AvgIpc) is 2.31. The summed E-state index contributed by atoms with van der Waals surface area (Å²) in [4.78, 5) is 11.8. The minimum atomic E-state index is 0.0631. The van der Waals surface area contributed by atoms with Crippen molar-refractivity contribution in [3.8, 4) is 0 Å². The van der Waals surface area contributed by atoms with Crippen molar-refractivity contribution in [2.45, 2.75) is 52.0 Å². The van der Waals surface area contributed by atoms with Crippen LogP contribution in [0.25, 0.3) is 0 Å². The smallest absolute Gasteiger partial charge is 0.237 e. The summed E-state index contributed by atoms with van der Waals surface area (Å²) in [5.74, 6) is 0.833. The number of nitrogens with one attached hydrogen (secondary N) is 2. The van der Waals surface area contributed by atoms with Gasteiger partial charge >= 0.3 is 0 Å². The predicted molar refractivity (Wildman–Crippen MR) is 62.7 cm³/mol. The van der Waals surface area contributed by atoms with E-state index in [0.717, 1.165) is 32.4 Å². The number of piperidine rings is 1. The van der Waals surface area contributed by atoms with Crippen molar-refractivity contribution in [2.24, 2.45) is 5.92 Å². The zero-order chi connectivity index (χ0) is 11.1. The van der Waals surface area contributed by atoms with Gasteiger partial charge in [0.05, 0.1) is 6.04 Å². The highest BCUT2D eigenvalue weighted by atomic mass is 16.2. The Labute approximate surface area is 93.0 Å². The molecule has 0 aromatic heterocycles. The monoisotopic (exact) mass is 212 g/mol. The summed E-state index contributed by atoms with van der Waals surface area (Å²) in [5, 5.41) is 6.32. The maximum Gasteiger partial charge on any atom is 0.237 e. The van der Waals surface area contributed by atoms with E-state index in [2.05, 4.69) is 24.5 Å². The predicted octanol–water partition coefficient (Wildman–Crippen LogP) is 1.68. The highest BCUT2D eigenvalue weighted by Crippen LogP contribution is 2.08. The largest absolute Gasteiger partial charge is 0.354 e. The molecule has 1 unspecified atom stereocenters. The van der Waals surface area contributed by atoms with Crippen LogP contribution in [0.15, 0.2) is 0 Å². The third kappa shape index (κ3) is 4.20. The third-order valence-corrected chi connectivity index (χ3v) is 3.35. The molecule has 1 atom stereocenters. The number of hydrogen-bond acceptors (Lipinski definition) is 2. The van der Waals surface area contributed by atoms with E-state index in [4.69, 9.17) is 0 Å². The van der Waals surface area contributed by atoms with Crippen LogP contribution in [0, 0.1) is 5.92 Å². The van der Waals surface area contributed by atoms with Crippen molar-refractivity contribution in [1.82, 2.24) is 10.6 Å². The molecule has 1 aliphatic heterocycles. The highest BCUT2D eigenvalue weighted by Gasteiger charge is 2.20. The van der Waals surface area contributed by atoms with Crippen molar-refractivity contribution < 1.29 is 4.79 Å². The zero-order valence-corrected chi connectivity index (χ0v) is 10.0. The molecule has 3 nitrogen and oxygen atoms in total. The summed E-state index contributed by atoms with van der Waals surface area (Å²) in [6.07, 6.45) is 5.67. The van der Waals surface area contributed by atoms with Gasteiger partial charge in [-0.1, -0.05) is 33.1 Å². The standard InChI is InChI=1S/C12H24N2O/c1-3-10(4-2)9-14-12(15)11-7-5-6-8-13-11/h10-11,13H,3-9H2,1-2H3,(H,14,15). The summed E-state index contributed by atoms with van der Waals surface area (Å²) < 4.78 is 0. The summed E-state index contributed by atoms with van der Waals surface area (Å²) in [6.45, 7) is 6.19. The lowest BCUT2D eigenvalue weighted by Gasteiger charge is -2.23. The second-order valence-electron chi connectivity index (χ2n) is 4.43. The van der Waals surface area contributed by atoms with E-state index in [1.165, 1.54) is 12.8 Å². The first-order chi connectivity index (χ1) is 7.27. The van der Waals surface area contributed by atoms with E-state index < -0.39 is 0 Å². The maximum absolute atomic E-state index is 11.8. The Morgan fingerprint density at radius 2 is 2.13 bits per heavy atom. The van der Waals surface area contributed by atoms with Gasteiger partial charge in [-0.3, -0.25) is 4.79 Å². The van der Waals surface area contributed by atoms with Gasteiger partial charge < -0.3 is 10.6 Å². The molecular weight excluding hydrogens is 188 g/mol. The molecule has 2 N–H and O–H groups in total. The van der Waals surface area contributed by atoms with Gasteiger partial charge in [0.2, 0.25) is 5.91 Å². The molecular formula is C12H24N2O. The van der Waals surface area contributed by atoms with Gasteiger partial charge in [0.25, 0.3) is 0 Å². The molecule has 0 aromatic rings. The van der Waals surface area contributed by atoms with Crippen LogP contribution in [0.4, 0.5) is 0 Å². The molecule has 0 spiro atoms. The van der Waals surface area contributed by atoms with E-state index in [1.54, 1.807) is 0 Å². The van der Waals surface area contributed by atoms with Crippen molar-refractivity contribution in [3.63, 3.8) is 0 Å². The number of carbonyl (C=O) groups is 1. The van der Waals surface area contributed by atoms with E-state index in [1.807, 2.05) is 0 Å². The van der Waals surface area contributed by atoms with Gasteiger partial charge in [-0.2, -0.15) is 0 Å². The average molecular weight is 212 g/mol. The molecule has 0 radical (unpaired) electrons. The number of amides is 1. The molecule has 1 heterocycles. The summed E-state index contributed by atoms with van der Waals surface area (Å²) >= 11 is 0. The fraction of sp³-hybridized carbons (Fsp3) is 0.917. The van der Waals surface area contributed by atoms with E-state index in [0.29, 0.717) is 5.92 Å². The quantitative estimate of drug-likeness (QED) is 0.728. The van der Waals surface area contributed by atoms with Crippen LogP contribution in [-0.2, 0) is 4.79 Å². The number of rotatable bonds is 5. The van der Waals surface area contributed by atoms with Crippen molar-refractivity contribution >= 4 is 5.91 Å². The minimum Gasteiger partial charge on any atom is -0.354 e. The van der Waals surface area contributed by atoms with Gasteiger partial charge in [0.15, 0.2) is 0 Å². The first kappa shape index (κ1) is 12.5. The fourth-order valence-corrected chi connectivity index (χ4v) is 2.02. The Morgan fingerprint density at radius 1 is 1.40 bits per heavy atom. The molecule has 1 rings (SSSR count). The van der Waals surface area contributed by atoms with Crippen LogP contribution in [0.2, 0.25) is 0 Å². The Hall–Kier alpha value is -0.570. The topological polar surface area (TPSA) is 41.1 Å². The van der Waals surface area contributed by atoms with Gasteiger partial charge in [-0.15, -0.1) is 0 Å². The van der Waals surface area contributed by atoms with Crippen LogP contribution in [0.5, 0.6) is 0 Å². The van der Waals surface area contributed by atoms with Gasteiger partial charge in [-0.25, -0.2) is 0 Å². The van der Waals surface area contributed by atoms with E-state index in [9.17, 15) is 4.79 Å².